The molecular weight excluding hydrogens is 1210 g/mol. The van der Waals surface area contributed by atoms with E-state index in [0.717, 1.165) is 32.7 Å². The number of ether oxygens (including phenoxy) is 5. The molecule has 472 valence electrons. The first-order chi connectivity index (χ1) is 40.5. The van der Waals surface area contributed by atoms with E-state index >= 15 is 0 Å². The maximum absolute atomic E-state index is 14.3. The van der Waals surface area contributed by atoms with Crippen molar-refractivity contribution < 1.29 is 62.0 Å². The highest BCUT2D eigenvalue weighted by Gasteiger charge is 2.38. The molecule has 9 atom stereocenters. The minimum atomic E-state index is -1.88. The largest absolute Gasteiger partial charge is 0.460 e. The van der Waals surface area contributed by atoms with Gasteiger partial charge in [-0.2, -0.15) is 0 Å². The van der Waals surface area contributed by atoms with E-state index in [2.05, 4.69) is 16.0 Å². The van der Waals surface area contributed by atoms with Crippen molar-refractivity contribution >= 4 is 106 Å². The summed E-state index contributed by atoms with van der Waals surface area (Å²) in [4.78, 5) is 112. The van der Waals surface area contributed by atoms with Gasteiger partial charge in [0.25, 0.3) is 5.91 Å². The lowest BCUT2D eigenvalue weighted by atomic mass is 9.90. The predicted octanol–water partition coefficient (Wildman–Crippen LogP) is 10.6. The van der Waals surface area contributed by atoms with E-state index in [9.17, 15) is 38.4 Å². The van der Waals surface area contributed by atoms with E-state index in [0.29, 0.717) is 17.0 Å². The molecule has 1 aliphatic carbocycles. The minimum Gasteiger partial charge on any atom is -0.460 e. The number of hydrogen-bond acceptors (Lipinski definition) is 14. The number of halogens is 4. The summed E-state index contributed by atoms with van der Waals surface area (Å²) >= 11 is 24.9. The van der Waals surface area contributed by atoms with Crippen LogP contribution in [0.4, 0.5) is 4.79 Å². The molecule has 0 fully saturated rings. The van der Waals surface area contributed by atoms with Gasteiger partial charge in [-0.3, -0.25) is 19.2 Å². The second-order valence-corrected chi connectivity index (χ2v) is 25.8. The molecule has 86 heavy (non-hydrogen) atoms. The molecule has 0 spiro atoms. The van der Waals surface area contributed by atoms with Crippen LogP contribution >= 0.6 is 58.2 Å². The summed E-state index contributed by atoms with van der Waals surface area (Å²) in [6, 6.07) is 17.9. The molecule has 0 unspecified atom stereocenters. The average Bonchev–Trinajstić information content (AvgIpc) is 1.78. The molecule has 0 saturated carbocycles. The summed E-state index contributed by atoms with van der Waals surface area (Å²) in [7, 11) is 2.77. The molecule has 4 rings (SSSR count). The number of hydrogen-bond donors (Lipinski definition) is 3. The maximum Gasteiger partial charge on any atom is 0.407 e. The van der Waals surface area contributed by atoms with Crippen LogP contribution in [0.25, 0.3) is 11.1 Å². The number of benzene rings is 3. The van der Waals surface area contributed by atoms with Crippen molar-refractivity contribution in [2.75, 3.05) is 46.0 Å². The number of carbonyl (C=O) groups is 8. The fraction of sp³-hybridized carbons (Fsp3) is 0.524. The molecule has 3 aromatic carbocycles. The highest BCUT2D eigenvalue weighted by atomic mass is 35.6. The third-order valence-corrected chi connectivity index (χ3v) is 15.9. The fourth-order valence-corrected chi connectivity index (χ4v) is 10.2. The van der Waals surface area contributed by atoms with Crippen molar-refractivity contribution in [2.45, 2.75) is 147 Å². The van der Waals surface area contributed by atoms with E-state index in [1.807, 2.05) is 102 Å². The van der Waals surface area contributed by atoms with E-state index in [4.69, 9.17) is 70.1 Å². The Morgan fingerprint density at radius 3 is 1.93 bits per heavy atom. The summed E-state index contributed by atoms with van der Waals surface area (Å²) in [5.41, 5.74) is 5.79. The van der Waals surface area contributed by atoms with Crippen LogP contribution in [-0.2, 0) is 63.7 Å². The average molecular weight is 1290 g/mol. The van der Waals surface area contributed by atoms with Gasteiger partial charge in [0.05, 0.1) is 18.6 Å². The number of nitrogens with one attached hydrogen (secondary N) is 3. The van der Waals surface area contributed by atoms with E-state index in [1.165, 1.54) is 44.6 Å². The highest BCUT2D eigenvalue weighted by molar-refractivity contribution is 7.98. The zero-order valence-electron chi connectivity index (χ0n) is 51.2. The van der Waals surface area contributed by atoms with Crippen LogP contribution in [-0.4, -0.2) is 150 Å². The van der Waals surface area contributed by atoms with Gasteiger partial charge in [-0.05, 0) is 111 Å². The highest BCUT2D eigenvalue weighted by Crippen LogP contribution is 2.44. The smallest absolute Gasteiger partial charge is 0.407 e. The van der Waals surface area contributed by atoms with Crippen LogP contribution in [0.15, 0.2) is 96.1 Å². The van der Waals surface area contributed by atoms with E-state index < -0.39 is 119 Å². The Morgan fingerprint density at radius 2 is 1.37 bits per heavy atom. The van der Waals surface area contributed by atoms with Gasteiger partial charge in [-0.25, -0.2) is 19.2 Å². The van der Waals surface area contributed by atoms with Crippen molar-refractivity contribution in [3.8, 4) is 11.1 Å². The van der Waals surface area contributed by atoms with Crippen molar-refractivity contribution in [1.29, 1.82) is 0 Å². The van der Waals surface area contributed by atoms with E-state index in [-0.39, 0.29) is 49.2 Å². The second kappa shape index (κ2) is 34.6. The topological polar surface area (TPSA) is 225 Å². The number of alkyl carbamates (subject to hydrolysis) is 1. The first-order valence-electron chi connectivity index (χ1n) is 28.5. The van der Waals surface area contributed by atoms with Crippen LogP contribution in [0.3, 0.4) is 0 Å². The quantitative estimate of drug-likeness (QED) is 0.0136. The van der Waals surface area contributed by atoms with Crippen molar-refractivity contribution in [3.05, 3.63) is 118 Å². The van der Waals surface area contributed by atoms with Crippen LogP contribution in [0.1, 0.15) is 111 Å². The first-order valence-corrected chi connectivity index (χ1v) is 31.4. The number of nitrogens with zero attached hydrogens (tertiary/aromatic N) is 2. The van der Waals surface area contributed by atoms with Crippen LogP contribution in [0, 0.1) is 17.8 Å². The zero-order chi connectivity index (χ0) is 64.2. The van der Waals surface area contributed by atoms with Crippen LogP contribution in [0.5, 0.6) is 0 Å². The number of carbonyl (C=O) groups excluding carboxylic acids is 8. The minimum absolute atomic E-state index is 0.0199. The number of amides is 5. The van der Waals surface area contributed by atoms with Gasteiger partial charge in [0.15, 0.2) is 6.10 Å². The van der Waals surface area contributed by atoms with E-state index in [1.54, 1.807) is 44.2 Å². The van der Waals surface area contributed by atoms with Crippen molar-refractivity contribution in [1.82, 2.24) is 25.8 Å². The summed E-state index contributed by atoms with van der Waals surface area (Å²) in [5, 5.41) is 8.37. The van der Waals surface area contributed by atoms with Crippen molar-refractivity contribution in [2.24, 2.45) is 17.8 Å². The van der Waals surface area contributed by atoms with Crippen molar-refractivity contribution in [3.63, 3.8) is 0 Å². The lowest BCUT2D eigenvalue weighted by Gasteiger charge is -2.33. The third-order valence-electron chi connectivity index (χ3n) is 14.9. The Hall–Kier alpha value is -5.83. The number of alkyl halides is 3. The molecule has 0 heterocycles. The summed E-state index contributed by atoms with van der Waals surface area (Å²) in [6.07, 6.45) is 2.52. The molecule has 5 amide bonds. The molecule has 0 saturated heterocycles. The predicted molar refractivity (Wildman–Crippen MR) is 337 cm³/mol. The summed E-state index contributed by atoms with van der Waals surface area (Å²) in [5.74, 6) is -6.01. The number of esters is 3. The summed E-state index contributed by atoms with van der Waals surface area (Å²) < 4.78 is 27.2. The number of likely N-dealkylation sites (N-methyl/N-ethyl adjacent to an activating group) is 2. The Kier molecular flexibility index (Phi) is 29.3. The monoisotopic (exact) mass is 1290 g/mol. The standard InChI is InChI=1S/C63H83Cl4N5O13S/c1-14-37(5)54(61(79)82-34-63(65,66)67)70-53(73)32-71(11)58(76)50(31-43-25-27-44(64)28-26-43)72(12)57(75)41(9)68-56(74)52(30-36(3)4)84-59(77)39(7)24-29-51(83-35-86-13)40(8)55(38(6)15-2)85-60(78)42(10)69-62(80)81-33-49-47-22-18-16-20-45(47)46-21-17-19-23-48(46)49/h15-28,36-37,40-42,49-52,54-55H,14,29-35H2,1-13H3,(H,68,74)(H,69,80)(H,70,73)/b38-15+,39-24+/t37-,40+,41+,42-,50-,51+,52-,54+,55-/m1/s1. The Morgan fingerprint density at radius 1 is 0.767 bits per heavy atom. The second-order valence-electron chi connectivity index (χ2n) is 22.1. The third kappa shape index (κ3) is 21.8. The van der Waals surface area contributed by atoms with Gasteiger partial charge in [0, 0.05) is 42.9 Å². The van der Waals surface area contributed by atoms with Crippen LogP contribution in [0.2, 0.25) is 5.02 Å². The van der Waals surface area contributed by atoms with Gasteiger partial charge < -0.3 is 49.4 Å². The lowest BCUT2D eigenvalue weighted by Crippen LogP contribution is -2.56. The number of fused-ring (bicyclic) bond motifs is 3. The molecule has 0 aromatic heterocycles. The first kappa shape index (κ1) is 72.6. The molecule has 18 nitrogen and oxygen atoms in total. The lowest BCUT2D eigenvalue weighted by molar-refractivity contribution is -0.154. The maximum atomic E-state index is 14.3. The Bertz CT molecular complexity index is 2840. The molecular formula is C63H83Cl4N5O13S. The fourth-order valence-electron chi connectivity index (χ4n) is 9.64. The molecule has 3 aromatic rings. The van der Waals surface area contributed by atoms with Gasteiger partial charge in [0.1, 0.15) is 43.5 Å². The molecule has 0 radical (unpaired) electrons. The summed E-state index contributed by atoms with van der Waals surface area (Å²) in [6.45, 7) is 16.2. The molecule has 0 bridgehead atoms. The molecule has 0 aliphatic heterocycles. The molecule has 1 aliphatic rings. The Labute approximate surface area is 530 Å². The molecule has 3 N–H and O–H groups in total. The number of rotatable bonds is 31. The Balaban J connectivity index is 1.43. The number of thioether (sulfide) groups is 1. The molecule has 23 heteroatoms. The normalized spacial score (nSPS) is 15.7. The van der Waals surface area contributed by atoms with Gasteiger partial charge in [-0.1, -0.05) is 160 Å². The van der Waals surface area contributed by atoms with Gasteiger partial charge >= 0.3 is 24.0 Å². The van der Waals surface area contributed by atoms with Gasteiger partial charge in [-0.15, -0.1) is 11.8 Å². The van der Waals surface area contributed by atoms with Crippen LogP contribution < -0.4 is 16.0 Å². The number of allylic oxidation sites excluding steroid dienone is 1. The SMILES string of the molecule is C/C=C(\C)[C@@H](OC(=O)[C@@H](C)NC(=O)OCC1c2ccccc2-c2ccccc21)[C@@H](C)[C@H](C/C=C(\C)C(=O)O[C@H](CC(C)C)C(=O)N[C@@H](C)C(=O)N(C)[C@H](Cc1ccc(Cl)cc1)C(=O)N(C)CC(=O)N[C@H](C(=O)OCC(Cl)(Cl)Cl)[C@H](C)CC)OCSC. The van der Waals surface area contributed by atoms with Gasteiger partial charge in [0.2, 0.25) is 21.5 Å². The zero-order valence-corrected chi connectivity index (χ0v) is 55.1.